The number of carbonyl (C=O) groups excluding carboxylic acids is 1. The van der Waals surface area contributed by atoms with Crippen LogP contribution in [0.3, 0.4) is 0 Å². The Morgan fingerprint density at radius 3 is 2.64 bits per heavy atom. The molecule has 2 N–H and O–H groups in total. The average Bonchev–Trinajstić information content (AvgIpc) is 2.76. The highest BCUT2D eigenvalue weighted by atomic mass is 19.4. The van der Waals surface area contributed by atoms with Gasteiger partial charge >= 0.3 is 12.3 Å². The van der Waals surface area contributed by atoms with Gasteiger partial charge in [-0.05, 0) is 52.4 Å². The number of nitrogens with one attached hydrogen (secondary N) is 2. The third kappa shape index (κ3) is 7.19. The lowest BCUT2D eigenvalue weighted by Gasteiger charge is -2.33. The summed E-state index contributed by atoms with van der Waals surface area (Å²) in [5.41, 5.74) is -1.28. The molecule has 196 valence electrons. The van der Waals surface area contributed by atoms with Crippen LogP contribution < -0.4 is 10.6 Å². The molecule has 1 amide bonds. The third-order valence-corrected chi connectivity index (χ3v) is 5.66. The smallest absolute Gasteiger partial charge is 0.417 e. The number of ether oxygens (including phenoxy) is 1. The number of hydrogen-bond donors (Lipinski definition) is 2. The lowest BCUT2D eigenvalue weighted by molar-refractivity contribution is -0.0688. The van der Waals surface area contributed by atoms with Gasteiger partial charge in [0.25, 0.3) is 0 Å². The molecule has 1 aromatic heterocycles. The summed E-state index contributed by atoms with van der Waals surface area (Å²) in [6.07, 6.45) is -2.79. The molecule has 1 aromatic carbocycles. The van der Waals surface area contributed by atoms with Crippen LogP contribution in [0.2, 0.25) is 0 Å². The van der Waals surface area contributed by atoms with Crippen molar-refractivity contribution in [2.75, 3.05) is 32.0 Å². The van der Waals surface area contributed by atoms with Crippen LogP contribution in [0.4, 0.5) is 28.0 Å². The molecular weight excluding hydrogens is 476 g/mol. The number of aromatic nitrogens is 1. The minimum Gasteiger partial charge on any atom is -0.444 e. The predicted molar refractivity (Wildman–Crippen MR) is 135 cm³/mol. The van der Waals surface area contributed by atoms with Crippen molar-refractivity contribution in [3.8, 4) is 0 Å². The first-order valence-corrected chi connectivity index (χ1v) is 11.7. The second-order valence-electron chi connectivity index (χ2n) is 9.88. The third-order valence-electron chi connectivity index (χ3n) is 5.66. The van der Waals surface area contributed by atoms with E-state index in [4.69, 9.17) is 4.74 Å². The Kier molecular flexibility index (Phi) is 8.28. The molecule has 3 rings (SSSR count). The first-order chi connectivity index (χ1) is 16.7. The molecule has 1 aliphatic heterocycles. The topological polar surface area (TPSA) is 66.5 Å². The van der Waals surface area contributed by atoms with Crippen molar-refractivity contribution >= 4 is 34.2 Å². The van der Waals surface area contributed by atoms with Gasteiger partial charge in [-0.1, -0.05) is 24.8 Å². The molecular formula is C26H32F4N4O2. The summed E-state index contributed by atoms with van der Waals surface area (Å²) in [6, 6.07) is 6.04. The molecule has 6 nitrogen and oxygen atoms in total. The van der Waals surface area contributed by atoms with Crippen molar-refractivity contribution in [1.82, 2.24) is 15.2 Å². The number of allylic oxidation sites excluding steroid dienone is 1. The van der Waals surface area contributed by atoms with Crippen LogP contribution in [0.15, 0.2) is 36.9 Å². The van der Waals surface area contributed by atoms with Gasteiger partial charge in [-0.15, -0.1) is 0 Å². The van der Waals surface area contributed by atoms with E-state index in [-0.39, 0.29) is 29.9 Å². The summed E-state index contributed by atoms with van der Waals surface area (Å²) in [5.74, 6) is 0. The summed E-state index contributed by atoms with van der Waals surface area (Å²) in [5, 5.41) is 6.47. The van der Waals surface area contributed by atoms with Crippen molar-refractivity contribution in [2.45, 2.75) is 51.2 Å². The molecule has 1 aliphatic rings. The normalized spacial score (nSPS) is 19.4. The molecule has 0 spiro atoms. The Morgan fingerprint density at radius 1 is 1.28 bits per heavy atom. The second-order valence-corrected chi connectivity index (χ2v) is 9.88. The maximum absolute atomic E-state index is 14.7. The van der Waals surface area contributed by atoms with Crippen molar-refractivity contribution in [2.24, 2.45) is 0 Å². The maximum Gasteiger partial charge on any atom is 0.417 e. The monoisotopic (exact) mass is 508 g/mol. The van der Waals surface area contributed by atoms with E-state index in [1.165, 1.54) is 6.08 Å². The van der Waals surface area contributed by atoms with Gasteiger partial charge in [0.15, 0.2) is 0 Å². The number of amides is 1. The van der Waals surface area contributed by atoms with Gasteiger partial charge < -0.3 is 20.3 Å². The van der Waals surface area contributed by atoms with Crippen LogP contribution in [0, 0.1) is 0 Å². The van der Waals surface area contributed by atoms with E-state index in [1.54, 1.807) is 51.1 Å². The molecule has 0 radical (unpaired) electrons. The van der Waals surface area contributed by atoms with Crippen LogP contribution in [-0.4, -0.2) is 66.6 Å². The van der Waals surface area contributed by atoms with E-state index in [9.17, 15) is 22.4 Å². The Hall–Kier alpha value is -3.14. The van der Waals surface area contributed by atoms with Crippen LogP contribution in [0.1, 0.15) is 38.6 Å². The van der Waals surface area contributed by atoms with E-state index in [1.807, 2.05) is 11.9 Å². The van der Waals surface area contributed by atoms with E-state index >= 15 is 0 Å². The highest BCUT2D eigenvalue weighted by Crippen LogP contribution is 2.37. The van der Waals surface area contributed by atoms with Crippen LogP contribution in [0.5, 0.6) is 0 Å². The minimum atomic E-state index is -4.68. The number of piperidine rings is 1. The Bertz CT molecular complexity index is 1140. The van der Waals surface area contributed by atoms with Crippen LogP contribution >= 0.6 is 0 Å². The SMILES string of the molecule is C=C(c1nc(/C=C/CNC(=O)OC(C)(C)C)cc2c(N[C@@H]3CCN(C)C[C@@H]3F)cccc12)C(F)(F)F. The van der Waals surface area contributed by atoms with Crippen molar-refractivity contribution < 1.29 is 27.1 Å². The highest BCUT2D eigenvalue weighted by Gasteiger charge is 2.35. The molecule has 0 unspecified atom stereocenters. The van der Waals surface area contributed by atoms with E-state index in [0.29, 0.717) is 24.0 Å². The average molecular weight is 509 g/mol. The second kappa shape index (κ2) is 10.9. The lowest BCUT2D eigenvalue weighted by Crippen LogP contribution is -2.46. The van der Waals surface area contributed by atoms with E-state index in [0.717, 1.165) is 0 Å². The summed E-state index contributed by atoms with van der Waals surface area (Å²) in [7, 11) is 1.84. The summed E-state index contributed by atoms with van der Waals surface area (Å²) >= 11 is 0. The fourth-order valence-electron chi connectivity index (χ4n) is 3.93. The highest BCUT2D eigenvalue weighted by molar-refractivity contribution is 6.00. The largest absolute Gasteiger partial charge is 0.444 e. The van der Waals surface area contributed by atoms with Gasteiger partial charge in [-0.2, -0.15) is 13.2 Å². The number of pyridine rings is 1. The first-order valence-electron chi connectivity index (χ1n) is 11.7. The number of alkyl halides is 4. The Labute approximate surface area is 208 Å². The number of carbonyl (C=O) groups is 1. The zero-order valence-electron chi connectivity index (χ0n) is 20.9. The van der Waals surface area contributed by atoms with E-state index in [2.05, 4.69) is 22.2 Å². The molecule has 36 heavy (non-hydrogen) atoms. The summed E-state index contributed by atoms with van der Waals surface area (Å²) < 4.78 is 60.6. The summed E-state index contributed by atoms with van der Waals surface area (Å²) in [6.45, 7) is 9.51. The standard InChI is InChI=1S/C26H32F4N4O2/c1-16(26(28,29)30)23-18-9-6-10-21(33-22-11-13-34(5)15-20(22)27)19(18)14-17(32-23)8-7-12-31-24(35)36-25(2,3)4/h6-10,14,20,22,33H,1,11-13,15H2,2-5H3,(H,31,35)/b8-7+/t20-,22+/m0/s1. The number of hydrogen-bond acceptors (Lipinski definition) is 5. The molecule has 0 saturated carbocycles. The zero-order valence-corrected chi connectivity index (χ0v) is 20.9. The number of nitrogens with zero attached hydrogens (tertiary/aromatic N) is 2. The van der Waals surface area contributed by atoms with Gasteiger partial charge in [0, 0.05) is 36.1 Å². The number of anilines is 1. The van der Waals surface area contributed by atoms with Crippen LogP contribution in [-0.2, 0) is 4.74 Å². The van der Waals surface area contributed by atoms with Gasteiger partial charge in [-0.25, -0.2) is 14.2 Å². The van der Waals surface area contributed by atoms with Gasteiger partial charge in [0.05, 0.1) is 23.0 Å². The predicted octanol–water partition coefficient (Wildman–Crippen LogP) is 5.80. The molecule has 2 atom stereocenters. The maximum atomic E-state index is 14.7. The van der Waals surface area contributed by atoms with Crippen molar-refractivity contribution in [1.29, 1.82) is 0 Å². The van der Waals surface area contributed by atoms with E-state index < -0.39 is 35.7 Å². The molecule has 0 aliphatic carbocycles. The Morgan fingerprint density at radius 2 is 2.00 bits per heavy atom. The minimum absolute atomic E-state index is 0.0865. The molecule has 2 aromatic rings. The fraction of sp³-hybridized carbons (Fsp3) is 0.462. The first kappa shape index (κ1) is 27.4. The lowest BCUT2D eigenvalue weighted by atomic mass is 9.99. The van der Waals surface area contributed by atoms with Crippen LogP contribution in [0.25, 0.3) is 22.4 Å². The van der Waals surface area contributed by atoms with Crippen molar-refractivity contribution in [3.05, 3.63) is 48.3 Å². The van der Waals surface area contributed by atoms with Gasteiger partial charge in [-0.3, -0.25) is 0 Å². The molecule has 1 fully saturated rings. The Balaban J connectivity index is 1.93. The zero-order chi connectivity index (χ0) is 26.7. The number of halogens is 4. The molecule has 0 bridgehead atoms. The molecule has 10 heteroatoms. The number of rotatable bonds is 6. The molecule has 2 heterocycles. The number of benzene rings is 1. The number of fused-ring (bicyclic) bond motifs is 1. The quantitative estimate of drug-likeness (QED) is 0.483. The molecule has 1 saturated heterocycles. The van der Waals surface area contributed by atoms with Gasteiger partial charge in [0.1, 0.15) is 11.8 Å². The van der Waals surface area contributed by atoms with Crippen molar-refractivity contribution in [3.63, 3.8) is 0 Å². The fourth-order valence-corrected chi connectivity index (χ4v) is 3.93. The number of likely N-dealkylation sites (tertiary alicyclic amines) is 1. The van der Waals surface area contributed by atoms with Gasteiger partial charge in [0.2, 0.25) is 0 Å². The summed E-state index contributed by atoms with van der Waals surface area (Å²) in [4.78, 5) is 17.9. The number of alkyl carbamates (subject to hydrolysis) is 1.